The molecule has 4 aromatic rings. The minimum absolute atomic E-state index is 0.158. The number of rotatable bonds is 8. The summed E-state index contributed by atoms with van der Waals surface area (Å²) in [7, 11) is 2.37. The van der Waals surface area contributed by atoms with Crippen molar-refractivity contribution in [3.63, 3.8) is 0 Å². The number of fused-ring (bicyclic) bond motifs is 2. The molecule has 37 heavy (non-hydrogen) atoms. The predicted molar refractivity (Wildman–Crippen MR) is 135 cm³/mol. The number of ether oxygens (including phenoxy) is 2. The van der Waals surface area contributed by atoms with Crippen molar-refractivity contribution in [2.75, 3.05) is 14.2 Å². The van der Waals surface area contributed by atoms with E-state index in [1.165, 1.54) is 38.5 Å². The predicted octanol–water partition coefficient (Wildman–Crippen LogP) is 3.91. The van der Waals surface area contributed by atoms with Gasteiger partial charge in [0.05, 0.1) is 42.2 Å². The number of hydrogen-bond acceptors (Lipinski definition) is 8. The summed E-state index contributed by atoms with van der Waals surface area (Å²) in [6, 6.07) is 18.4. The van der Waals surface area contributed by atoms with Crippen molar-refractivity contribution in [2.24, 2.45) is 0 Å². The molecular formula is C27H23N3O7. The summed E-state index contributed by atoms with van der Waals surface area (Å²) in [6.07, 6.45) is -0.286. The molecule has 4 rings (SSSR count). The van der Waals surface area contributed by atoms with Crippen molar-refractivity contribution in [1.82, 2.24) is 10.3 Å². The van der Waals surface area contributed by atoms with Crippen molar-refractivity contribution < 1.29 is 28.8 Å². The Kier molecular flexibility index (Phi) is 7.38. The number of non-ortho nitro benzene ring substituents is 1. The lowest BCUT2D eigenvalue weighted by Gasteiger charge is -2.26. The molecule has 0 unspecified atom stereocenters. The molecule has 1 aromatic heterocycles. The van der Waals surface area contributed by atoms with Gasteiger partial charge in [-0.05, 0) is 17.7 Å². The van der Waals surface area contributed by atoms with Crippen LogP contribution in [0.15, 0.2) is 72.8 Å². The third-order valence-corrected chi connectivity index (χ3v) is 6.11. The summed E-state index contributed by atoms with van der Waals surface area (Å²) < 4.78 is 9.79. The largest absolute Gasteiger partial charge is 0.469 e. The maximum atomic E-state index is 13.8. The highest BCUT2D eigenvalue weighted by Gasteiger charge is 2.35. The monoisotopic (exact) mass is 501 g/mol. The van der Waals surface area contributed by atoms with Crippen LogP contribution in [0.1, 0.15) is 28.3 Å². The van der Waals surface area contributed by atoms with Crippen LogP contribution in [-0.2, 0) is 19.1 Å². The molecule has 1 heterocycles. The molecule has 0 saturated heterocycles. The molecule has 0 radical (unpaired) electrons. The van der Waals surface area contributed by atoms with Crippen molar-refractivity contribution in [3.05, 3.63) is 94.0 Å². The first-order valence-corrected chi connectivity index (χ1v) is 11.3. The van der Waals surface area contributed by atoms with Gasteiger partial charge in [0.25, 0.3) is 11.6 Å². The number of esters is 2. The molecule has 2 atom stereocenters. The van der Waals surface area contributed by atoms with Gasteiger partial charge in [-0.1, -0.05) is 48.5 Å². The van der Waals surface area contributed by atoms with Gasteiger partial charge in [-0.2, -0.15) is 0 Å². The standard InChI is InChI=1S/C27H23N3O7/c1-36-23(31)15-20(16-11-13-17(14-12-16)30(34)35)25(27(33)37-2)29-26(32)24-18-7-3-5-9-21(18)28-22-10-6-4-8-19(22)24/h3-14,20,25H,15H2,1-2H3,(H,29,32)/t20-,25-/m1/s1. The number of pyridine rings is 1. The summed E-state index contributed by atoms with van der Waals surface area (Å²) in [4.78, 5) is 54.2. The fraction of sp³-hybridized carbons (Fsp3) is 0.185. The van der Waals surface area contributed by atoms with E-state index >= 15 is 0 Å². The second-order valence-corrected chi connectivity index (χ2v) is 8.23. The van der Waals surface area contributed by atoms with Gasteiger partial charge in [0.2, 0.25) is 0 Å². The number of aromatic nitrogens is 1. The normalized spacial score (nSPS) is 12.5. The highest BCUT2D eigenvalue weighted by Crippen LogP contribution is 2.30. The van der Waals surface area contributed by atoms with Crippen LogP contribution in [-0.4, -0.2) is 48.0 Å². The number of methoxy groups -OCH3 is 2. The number of amides is 1. The number of hydrogen-bond donors (Lipinski definition) is 1. The fourth-order valence-electron chi connectivity index (χ4n) is 4.28. The quantitative estimate of drug-likeness (QED) is 0.166. The van der Waals surface area contributed by atoms with E-state index in [0.29, 0.717) is 32.9 Å². The molecule has 0 spiro atoms. The first-order valence-electron chi connectivity index (χ1n) is 11.3. The summed E-state index contributed by atoms with van der Waals surface area (Å²) in [6.45, 7) is 0. The Morgan fingerprint density at radius 2 is 1.46 bits per heavy atom. The van der Waals surface area contributed by atoms with Crippen LogP contribution in [0.25, 0.3) is 21.8 Å². The average molecular weight is 501 g/mol. The zero-order valence-corrected chi connectivity index (χ0v) is 20.0. The van der Waals surface area contributed by atoms with E-state index in [0.717, 1.165) is 0 Å². The number of nitrogens with one attached hydrogen (secondary N) is 1. The number of carbonyl (C=O) groups is 3. The Balaban J connectivity index is 1.81. The second-order valence-electron chi connectivity index (χ2n) is 8.23. The SMILES string of the molecule is COC(=O)C[C@H](c1ccc([N+](=O)[O-])cc1)[C@@H](NC(=O)c1c2ccccc2nc2ccccc12)C(=O)OC. The molecule has 10 nitrogen and oxygen atoms in total. The number of nitrogens with zero attached hydrogens (tertiary/aromatic N) is 2. The van der Waals surface area contributed by atoms with Gasteiger partial charge < -0.3 is 14.8 Å². The van der Waals surface area contributed by atoms with Gasteiger partial charge in [-0.3, -0.25) is 19.7 Å². The number of carbonyl (C=O) groups excluding carboxylic acids is 3. The van der Waals surface area contributed by atoms with E-state index in [1.54, 1.807) is 36.4 Å². The number of para-hydroxylation sites is 2. The van der Waals surface area contributed by atoms with Gasteiger partial charge in [-0.25, -0.2) is 9.78 Å². The van der Waals surface area contributed by atoms with Crippen LogP contribution >= 0.6 is 0 Å². The number of benzene rings is 3. The van der Waals surface area contributed by atoms with Crippen LogP contribution in [0.2, 0.25) is 0 Å². The van der Waals surface area contributed by atoms with Crippen molar-refractivity contribution >= 4 is 45.3 Å². The Hall–Kier alpha value is -4.86. The lowest BCUT2D eigenvalue weighted by Crippen LogP contribution is -2.46. The lowest BCUT2D eigenvalue weighted by molar-refractivity contribution is -0.384. The molecule has 0 aliphatic carbocycles. The highest BCUT2D eigenvalue weighted by atomic mass is 16.6. The molecule has 3 aromatic carbocycles. The third kappa shape index (κ3) is 5.22. The highest BCUT2D eigenvalue weighted by molar-refractivity contribution is 6.16. The maximum absolute atomic E-state index is 13.8. The average Bonchev–Trinajstić information content (AvgIpc) is 2.92. The zero-order valence-electron chi connectivity index (χ0n) is 20.0. The molecule has 0 bridgehead atoms. The molecule has 0 saturated carbocycles. The van der Waals surface area contributed by atoms with Crippen LogP contribution in [0.4, 0.5) is 5.69 Å². The number of nitro groups is 1. The summed E-state index contributed by atoms with van der Waals surface area (Å²) >= 11 is 0. The Bertz CT molecular complexity index is 1450. The van der Waals surface area contributed by atoms with Gasteiger partial charge in [0.1, 0.15) is 6.04 Å². The molecule has 1 N–H and O–H groups in total. The van der Waals surface area contributed by atoms with Crippen LogP contribution in [0.5, 0.6) is 0 Å². The fourth-order valence-corrected chi connectivity index (χ4v) is 4.28. The topological polar surface area (TPSA) is 138 Å². The van der Waals surface area contributed by atoms with Gasteiger partial charge in [0, 0.05) is 28.8 Å². The van der Waals surface area contributed by atoms with Crippen LogP contribution in [0, 0.1) is 10.1 Å². The number of nitro benzene ring substituents is 1. The van der Waals surface area contributed by atoms with E-state index in [4.69, 9.17) is 9.47 Å². The summed E-state index contributed by atoms with van der Waals surface area (Å²) in [5, 5.41) is 15.0. The van der Waals surface area contributed by atoms with E-state index in [9.17, 15) is 24.5 Å². The van der Waals surface area contributed by atoms with E-state index in [2.05, 4.69) is 10.3 Å². The van der Waals surface area contributed by atoms with Crippen molar-refractivity contribution in [3.8, 4) is 0 Å². The molecule has 1 amide bonds. The molecule has 0 aliphatic rings. The Morgan fingerprint density at radius 1 is 0.892 bits per heavy atom. The Morgan fingerprint density at radius 3 is 1.97 bits per heavy atom. The first-order chi connectivity index (χ1) is 17.8. The Labute approximate surface area is 211 Å². The lowest BCUT2D eigenvalue weighted by atomic mass is 9.87. The van der Waals surface area contributed by atoms with Crippen molar-refractivity contribution in [2.45, 2.75) is 18.4 Å². The zero-order chi connectivity index (χ0) is 26.5. The minimum Gasteiger partial charge on any atom is -0.469 e. The van der Waals surface area contributed by atoms with Crippen LogP contribution < -0.4 is 5.32 Å². The van der Waals surface area contributed by atoms with Gasteiger partial charge in [-0.15, -0.1) is 0 Å². The van der Waals surface area contributed by atoms with E-state index < -0.39 is 34.7 Å². The minimum atomic E-state index is -1.30. The molecule has 0 aliphatic heterocycles. The third-order valence-electron chi connectivity index (χ3n) is 6.11. The molecular weight excluding hydrogens is 478 g/mol. The van der Waals surface area contributed by atoms with E-state index in [1.807, 2.05) is 12.1 Å². The van der Waals surface area contributed by atoms with Crippen LogP contribution in [0.3, 0.4) is 0 Å². The molecule has 0 fully saturated rings. The molecule has 188 valence electrons. The smallest absolute Gasteiger partial charge is 0.329 e. The van der Waals surface area contributed by atoms with E-state index in [-0.39, 0.29) is 12.1 Å². The summed E-state index contributed by atoms with van der Waals surface area (Å²) in [5.74, 6) is -2.92. The molecule has 10 heteroatoms. The van der Waals surface area contributed by atoms with Gasteiger partial charge in [0.15, 0.2) is 0 Å². The van der Waals surface area contributed by atoms with Gasteiger partial charge >= 0.3 is 11.9 Å². The maximum Gasteiger partial charge on any atom is 0.329 e. The van der Waals surface area contributed by atoms with Crippen molar-refractivity contribution in [1.29, 1.82) is 0 Å². The summed E-state index contributed by atoms with van der Waals surface area (Å²) in [5.41, 5.74) is 1.77. The second kappa shape index (κ2) is 10.8. The first kappa shape index (κ1) is 25.2.